The third-order valence-electron chi connectivity index (χ3n) is 6.17. The molecule has 0 unspecified atom stereocenters. The Balaban J connectivity index is 2.41. The van der Waals surface area contributed by atoms with Crippen molar-refractivity contribution in [2.24, 2.45) is 29.1 Å². The Bertz CT molecular complexity index is 587. The molecule has 0 bridgehead atoms. The summed E-state index contributed by atoms with van der Waals surface area (Å²) < 4.78 is 5.05. The second-order valence-electron chi connectivity index (χ2n) is 7.97. The topological polar surface area (TPSA) is 66.8 Å². The first-order valence-corrected chi connectivity index (χ1v) is 9.22. The normalized spacial score (nSPS) is 31.9. The van der Waals surface area contributed by atoms with Gasteiger partial charge >= 0.3 is 5.97 Å². The Morgan fingerprint density at radius 2 is 2.08 bits per heavy atom. The Kier molecular flexibility index (Phi) is 6.28. The third-order valence-corrected chi connectivity index (χ3v) is 6.17. The second-order valence-corrected chi connectivity index (χ2v) is 7.97. The van der Waals surface area contributed by atoms with E-state index in [0.29, 0.717) is 17.9 Å². The van der Waals surface area contributed by atoms with Crippen LogP contribution in [0.4, 0.5) is 0 Å². The number of methoxy groups -OCH3 is 1. The van der Waals surface area contributed by atoms with E-state index in [1.54, 1.807) is 0 Å². The van der Waals surface area contributed by atoms with Gasteiger partial charge in [0.1, 0.15) is 0 Å². The number of aliphatic hydroxyl groups is 2. The van der Waals surface area contributed by atoms with Crippen LogP contribution in [0.2, 0.25) is 0 Å². The quantitative estimate of drug-likeness (QED) is 0.547. The van der Waals surface area contributed by atoms with E-state index in [9.17, 15) is 15.0 Å². The maximum Gasteiger partial charge on any atom is 0.335 e. The van der Waals surface area contributed by atoms with Gasteiger partial charge in [-0.2, -0.15) is 0 Å². The van der Waals surface area contributed by atoms with E-state index in [-0.39, 0.29) is 36.9 Å². The van der Waals surface area contributed by atoms with Crippen LogP contribution in [-0.4, -0.2) is 36.5 Å². The Morgan fingerprint density at radius 1 is 1.40 bits per heavy atom. The fraction of sp³-hybridized carbons (Fsp3) is 0.667. The summed E-state index contributed by atoms with van der Waals surface area (Å²) in [7, 11) is 1.39. The molecule has 0 aromatic heterocycles. The smallest absolute Gasteiger partial charge is 0.335 e. The summed E-state index contributed by atoms with van der Waals surface area (Å²) >= 11 is 0. The van der Waals surface area contributed by atoms with Crippen molar-refractivity contribution >= 4 is 5.97 Å². The van der Waals surface area contributed by atoms with Crippen LogP contribution >= 0.6 is 0 Å². The number of ether oxygens (including phenoxy) is 1. The van der Waals surface area contributed by atoms with Gasteiger partial charge in [0.2, 0.25) is 0 Å². The standard InChI is InChI=1S/C21H32O4/c1-13(2)16-8-9-21(12-23,19(16)20(24)25-5)10-18-14(3)6-7-17(18)15(4)11-22/h8-9,13-14,17-18,22-23H,4,6-7,10-12H2,1-3,5H3/t14-,17+,18-,21+/m1/s1. The zero-order valence-corrected chi connectivity index (χ0v) is 15.9. The highest BCUT2D eigenvalue weighted by molar-refractivity contribution is 5.93. The van der Waals surface area contributed by atoms with Crippen LogP contribution in [0.25, 0.3) is 0 Å². The summed E-state index contributed by atoms with van der Waals surface area (Å²) in [6.07, 6.45) is 6.71. The van der Waals surface area contributed by atoms with E-state index in [4.69, 9.17) is 4.74 Å². The molecule has 2 rings (SSSR count). The van der Waals surface area contributed by atoms with Gasteiger partial charge in [0.15, 0.2) is 0 Å². The molecule has 1 fully saturated rings. The fourth-order valence-corrected chi connectivity index (χ4v) is 4.63. The molecule has 0 aromatic carbocycles. The van der Waals surface area contributed by atoms with Gasteiger partial charge in [-0.25, -0.2) is 4.79 Å². The van der Waals surface area contributed by atoms with E-state index < -0.39 is 5.41 Å². The van der Waals surface area contributed by atoms with Crippen molar-refractivity contribution in [2.45, 2.75) is 40.0 Å². The fourth-order valence-electron chi connectivity index (χ4n) is 4.63. The lowest BCUT2D eigenvalue weighted by Crippen LogP contribution is -2.34. The summed E-state index contributed by atoms with van der Waals surface area (Å²) in [6, 6.07) is 0. The highest BCUT2D eigenvalue weighted by atomic mass is 16.5. The zero-order valence-electron chi connectivity index (χ0n) is 15.9. The van der Waals surface area contributed by atoms with Gasteiger partial charge < -0.3 is 14.9 Å². The molecular weight excluding hydrogens is 316 g/mol. The lowest BCUT2D eigenvalue weighted by molar-refractivity contribution is -0.137. The number of hydrogen-bond donors (Lipinski definition) is 2. The van der Waals surface area contributed by atoms with Crippen molar-refractivity contribution < 1.29 is 19.7 Å². The van der Waals surface area contributed by atoms with Crippen LogP contribution in [0.3, 0.4) is 0 Å². The average Bonchev–Trinajstić information content (AvgIpc) is 3.16. The lowest BCUT2D eigenvalue weighted by atomic mass is 9.69. The SMILES string of the molecule is C=C(CO)[C@@H]1CC[C@@H](C)[C@H]1C[C@]1(CO)C=CC(C(C)C)=C1C(=O)OC. The van der Waals surface area contributed by atoms with Crippen molar-refractivity contribution in [2.75, 3.05) is 20.3 Å². The predicted octanol–water partition coefficient (Wildman–Crippen LogP) is 3.26. The molecule has 0 aliphatic heterocycles. The molecule has 0 aromatic rings. The lowest BCUT2D eigenvalue weighted by Gasteiger charge is -2.35. The van der Waals surface area contributed by atoms with Crippen LogP contribution in [0.15, 0.2) is 35.5 Å². The molecule has 1 saturated carbocycles. The van der Waals surface area contributed by atoms with E-state index in [2.05, 4.69) is 13.5 Å². The van der Waals surface area contributed by atoms with Crippen LogP contribution < -0.4 is 0 Å². The van der Waals surface area contributed by atoms with Crippen molar-refractivity contribution in [1.82, 2.24) is 0 Å². The number of carbonyl (C=O) groups is 1. The molecular formula is C21H32O4. The summed E-state index contributed by atoms with van der Waals surface area (Å²) in [5, 5.41) is 19.8. The maximum atomic E-state index is 12.5. The molecule has 140 valence electrons. The van der Waals surface area contributed by atoms with Gasteiger partial charge in [-0.3, -0.25) is 0 Å². The number of hydrogen-bond acceptors (Lipinski definition) is 4. The van der Waals surface area contributed by atoms with Crippen molar-refractivity contribution in [3.63, 3.8) is 0 Å². The maximum absolute atomic E-state index is 12.5. The monoisotopic (exact) mass is 348 g/mol. The Morgan fingerprint density at radius 3 is 2.60 bits per heavy atom. The molecule has 0 spiro atoms. The number of esters is 1. The minimum absolute atomic E-state index is 0.00715. The Labute approximate surface area is 151 Å². The molecule has 0 heterocycles. The molecule has 0 radical (unpaired) electrons. The highest BCUT2D eigenvalue weighted by Gasteiger charge is 2.47. The largest absolute Gasteiger partial charge is 0.466 e. The van der Waals surface area contributed by atoms with Gasteiger partial charge in [-0.05, 0) is 54.1 Å². The highest BCUT2D eigenvalue weighted by Crippen LogP contribution is 2.51. The molecule has 2 N–H and O–H groups in total. The molecule has 0 amide bonds. The first kappa shape index (κ1) is 19.9. The summed E-state index contributed by atoms with van der Waals surface area (Å²) in [6.45, 7) is 10.2. The van der Waals surface area contributed by atoms with Crippen molar-refractivity contribution in [3.05, 3.63) is 35.5 Å². The molecule has 4 heteroatoms. The molecule has 2 aliphatic carbocycles. The number of aliphatic hydroxyl groups excluding tert-OH is 2. The molecule has 25 heavy (non-hydrogen) atoms. The minimum Gasteiger partial charge on any atom is -0.466 e. The molecule has 4 atom stereocenters. The number of rotatable bonds is 7. The van der Waals surface area contributed by atoms with Crippen LogP contribution in [-0.2, 0) is 9.53 Å². The average molecular weight is 348 g/mol. The van der Waals surface area contributed by atoms with Crippen molar-refractivity contribution in [1.29, 1.82) is 0 Å². The molecule has 2 aliphatic rings. The van der Waals surface area contributed by atoms with E-state index in [1.807, 2.05) is 26.0 Å². The predicted molar refractivity (Wildman–Crippen MR) is 98.8 cm³/mol. The summed E-state index contributed by atoms with van der Waals surface area (Å²) in [5.41, 5.74) is 1.70. The van der Waals surface area contributed by atoms with Gasteiger partial charge in [-0.1, -0.05) is 39.5 Å². The summed E-state index contributed by atoms with van der Waals surface area (Å²) in [4.78, 5) is 12.5. The third kappa shape index (κ3) is 3.61. The zero-order chi connectivity index (χ0) is 18.8. The van der Waals surface area contributed by atoms with E-state index in [1.165, 1.54) is 7.11 Å². The van der Waals surface area contributed by atoms with Gasteiger partial charge in [0.25, 0.3) is 0 Å². The molecule has 4 nitrogen and oxygen atoms in total. The van der Waals surface area contributed by atoms with E-state index in [0.717, 1.165) is 24.0 Å². The van der Waals surface area contributed by atoms with Crippen LogP contribution in [0, 0.1) is 29.1 Å². The van der Waals surface area contributed by atoms with Crippen LogP contribution in [0.5, 0.6) is 0 Å². The van der Waals surface area contributed by atoms with Gasteiger partial charge in [0.05, 0.1) is 25.9 Å². The first-order chi connectivity index (χ1) is 11.8. The van der Waals surface area contributed by atoms with E-state index >= 15 is 0 Å². The summed E-state index contributed by atoms with van der Waals surface area (Å²) in [5.74, 6) is 0.808. The first-order valence-electron chi connectivity index (χ1n) is 9.22. The molecule has 0 saturated heterocycles. The number of allylic oxidation sites excluding steroid dienone is 2. The number of carbonyl (C=O) groups excluding carboxylic acids is 1. The Hall–Kier alpha value is -1.39. The van der Waals surface area contributed by atoms with Crippen molar-refractivity contribution in [3.8, 4) is 0 Å². The van der Waals surface area contributed by atoms with Crippen LogP contribution in [0.1, 0.15) is 40.0 Å². The second kappa shape index (κ2) is 7.88. The van der Waals surface area contributed by atoms with Gasteiger partial charge in [-0.15, -0.1) is 0 Å². The van der Waals surface area contributed by atoms with Gasteiger partial charge in [0, 0.05) is 5.41 Å². The minimum atomic E-state index is -0.704.